The van der Waals surface area contributed by atoms with Gasteiger partial charge in [-0.25, -0.2) is 4.79 Å². The summed E-state index contributed by atoms with van der Waals surface area (Å²) < 4.78 is 5.22. The van der Waals surface area contributed by atoms with E-state index < -0.39 is 6.09 Å². The minimum Gasteiger partial charge on any atom is -0.497 e. The fraction of sp³-hybridized carbons (Fsp3) is 0.423. The highest BCUT2D eigenvalue weighted by atomic mass is 16.5. The summed E-state index contributed by atoms with van der Waals surface area (Å²) in [6.07, 6.45) is 3.33. The average Bonchev–Trinajstić information content (AvgIpc) is 3.26. The van der Waals surface area contributed by atoms with E-state index in [1.165, 1.54) is 4.90 Å². The zero-order valence-electron chi connectivity index (χ0n) is 19.0. The molecule has 0 bridgehead atoms. The predicted molar refractivity (Wildman–Crippen MR) is 125 cm³/mol. The van der Waals surface area contributed by atoms with Crippen LogP contribution in [0.1, 0.15) is 52.7 Å². The van der Waals surface area contributed by atoms with E-state index in [0.717, 1.165) is 34.5 Å². The summed E-state index contributed by atoms with van der Waals surface area (Å²) >= 11 is 0. The second-order valence-corrected chi connectivity index (χ2v) is 8.69. The van der Waals surface area contributed by atoms with E-state index in [1.54, 1.807) is 7.11 Å². The first-order valence-electron chi connectivity index (χ1n) is 11.6. The maximum atomic E-state index is 12.8. The summed E-state index contributed by atoms with van der Waals surface area (Å²) in [5.41, 5.74) is 4.96. The smallest absolute Gasteiger partial charge is 0.407 e. The Balaban J connectivity index is 1.27. The molecule has 0 saturated carbocycles. The van der Waals surface area contributed by atoms with Crippen molar-refractivity contribution in [3.63, 3.8) is 0 Å². The molecule has 7 nitrogen and oxygen atoms in total. The van der Waals surface area contributed by atoms with Gasteiger partial charge in [0, 0.05) is 38.0 Å². The van der Waals surface area contributed by atoms with E-state index in [0.29, 0.717) is 63.7 Å². The van der Waals surface area contributed by atoms with Crippen molar-refractivity contribution in [1.29, 1.82) is 0 Å². The van der Waals surface area contributed by atoms with Crippen LogP contribution in [0, 0.1) is 0 Å². The van der Waals surface area contributed by atoms with Gasteiger partial charge < -0.3 is 19.6 Å². The number of unbranched alkanes of at least 4 members (excludes halogenated alkanes) is 1. The van der Waals surface area contributed by atoms with Gasteiger partial charge in [-0.15, -0.1) is 0 Å². The number of hydrogen-bond acceptors (Lipinski definition) is 4. The fourth-order valence-corrected chi connectivity index (χ4v) is 4.75. The number of carbonyl (C=O) groups is 3. The molecule has 0 unspecified atom stereocenters. The number of ether oxygens (including phenoxy) is 1. The van der Waals surface area contributed by atoms with Gasteiger partial charge in [0.15, 0.2) is 5.78 Å². The second kappa shape index (κ2) is 10.1. The quantitative estimate of drug-likeness (QED) is 0.435. The molecule has 2 aromatic carbocycles. The van der Waals surface area contributed by atoms with Gasteiger partial charge in [-0.05, 0) is 73.1 Å². The number of ketones is 1. The second-order valence-electron chi connectivity index (χ2n) is 8.69. The molecule has 0 radical (unpaired) electrons. The Kier molecular flexibility index (Phi) is 6.96. The lowest BCUT2D eigenvalue weighted by molar-refractivity contribution is -0.118. The summed E-state index contributed by atoms with van der Waals surface area (Å²) in [5, 5.41) is 9.54. The number of carboxylic acid groups (broad SMARTS) is 1. The number of anilines is 1. The molecule has 174 valence electrons. The van der Waals surface area contributed by atoms with Crippen molar-refractivity contribution in [3.05, 3.63) is 58.7 Å². The zero-order chi connectivity index (χ0) is 23.4. The molecule has 0 saturated heterocycles. The van der Waals surface area contributed by atoms with Crippen LogP contribution >= 0.6 is 0 Å². The van der Waals surface area contributed by atoms with Crippen LogP contribution in [0.25, 0.3) is 0 Å². The van der Waals surface area contributed by atoms with Crippen LogP contribution < -0.4 is 9.64 Å². The van der Waals surface area contributed by atoms with Crippen molar-refractivity contribution in [2.24, 2.45) is 0 Å². The maximum Gasteiger partial charge on any atom is 0.407 e. The molecule has 2 aliphatic heterocycles. The monoisotopic (exact) mass is 450 g/mol. The van der Waals surface area contributed by atoms with Gasteiger partial charge >= 0.3 is 6.09 Å². The molecule has 7 heteroatoms. The molecule has 0 aliphatic carbocycles. The Morgan fingerprint density at radius 1 is 1.06 bits per heavy atom. The highest BCUT2D eigenvalue weighted by Gasteiger charge is 2.31. The molecule has 33 heavy (non-hydrogen) atoms. The van der Waals surface area contributed by atoms with Crippen LogP contribution in [0.4, 0.5) is 10.5 Å². The molecular formula is C26H30N2O5. The Bertz CT molecular complexity index is 1060. The van der Waals surface area contributed by atoms with Crippen LogP contribution in [0.15, 0.2) is 36.4 Å². The topological polar surface area (TPSA) is 87.2 Å². The third-order valence-corrected chi connectivity index (χ3v) is 6.53. The van der Waals surface area contributed by atoms with Gasteiger partial charge in [0.25, 0.3) is 0 Å². The highest BCUT2D eigenvalue weighted by molar-refractivity contribution is 6.02. The lowest BCUT2D eigenvalue weighted by atomic mass is 9.94. The highest BCUT2D eigenvalue weighted by Crippen LogP contribution is 2.37. The molecule has 4 rings (SSSR count). The Morgan fingerprint density at radius 3 is 2.61 bits per heavy atom. The molecule has 2 heterocycles. The minimum absolute atomic E-state index is 0.0858. The summed E-state index contributed by atoms with van der Waals surface area (Å²) in [7, 11) is 1.61. The largest absolute Gasteiger partial charge is 0.497 e. The van der Waals surface area contributed by atoms with E-state index in [1.807, 2.05) is 41.3 Å². The first kappa shape index (κ1) is 22.8. The van der Waals surface area contributed by atoms with Crippen molar-refractivity contribution in [3.8, 4) is 5.75 Å². The van der Waals surface area contributed by atoms with E-state index in [2.05, 4.69) is 0 Å². The third-order valence-electron chi connectivity index (χ3n) is 6.53. The SMILES string of the molecule is COc1cccc(CCN(CCCCC(=O)c2cc3c4c(c2)CCN4C(=O)CC3)C(=O)O)c1. The van der Waals surface area contributed by atoms with Crippen molar-refractivity contribution < 1.29 is 24.2 Å². The first-order valence-corrected chi connectivity index (χ1v) is 11.6. The molecule has 1 N–H and O–H groups in total. The van der Waals surface area contributed by atoms with Gasteiger partial charge in [0.2, 0.25) is 5.91 Å². The number of Topliss-reactive ketones (excluding diaryl/α,β-unsaturated/α-hetero) is 1. The van der Waals surface area contributed by atoms with Gasteiger partial charge in [0.1, 0.15) is 5.75 Å². The molecule has 2 aromatic rings. The van der Waals surface area contributed by atoms with Gasteiger partial charge in [-0.2, -0.15) is 0 Å². The molecule has 0 spiro atoms. The maximum absolute atomic E-state index is 12.8. The van der Waals surface area contributed by atoms with Crippen LogP contribution in [-0.2, 0) is 24.1 Å². The summed E-state index contributed by atoms with van der Waals surface area (Å²) in [4.78, 5) is 39.8. The normalized spacial score (nSPS) is 14.2. The number of hydrogen-bond donors (Lipinski definition) is 1. The third kappa shape index (κ3) is 5.18. The Morgan fingerprint density at radius 2 is 1.85 bits per heavy atom. The number of methoxy groups -OCH3 is 1. The lowest BCUT2D eigenvalue weighted by Gasteiger charge is -2.25. The number of aryl methyl sites for hydroxylation is 1. The van der Waals surface area contributed by atoms with E-state index in [-0.39, 0.29) is 11.7 Å². The van der Waals surface area contributed by atoms with Gasteiger partial charge in [0.05, 0.1) is 12.8 Å². The van der Waals surface area contributed by atoms with Crippen LogP contribution in [0.5, 0.6) is 5.75 Å². The summed E-state index contributed by atoms with van der Waals surface area (Å²) in [6.45, 7) is 1.51. The lowest BCUT2D eigenvalue weighted by Crippen LogP contribution is -2.33. The molecule has 0 aromatic heterocycles. The number of amides is 2. The predicted octanol–water partition coefficient (Wildman–Crippen LogP) is 4.11. The molecule has 2 aliphatic rings. The van der Waals surface area contributed by atoms with Crippen LogP contribution in [-0.4, -0.2) is 54.5 Å². The Labute approximate surface area is 193 Å². The van der Waals surface area contributed by atoms with E-state index in [9.17, 15) is 19.5 Å². The van der Waals surface area contributed by atoms with Gasteiger partial charge in [-0.1, -0.05) is 12.1 Å². The van der Waals surface area contributed by atoms with Crippen LogP contribution in [0.2, 0.25) is 0 Å². The number of carbonyl (C=O) groups excluding carboxylic acids is 2. The van der Waals surface area contributed by atoms with Crippen molar-refractivity contribution in [1.82, 2.24) is 4.90 Å². The molecule has 2 amide bonds. The number of rotatable bonds is 10. The van der Waals surface area contributed by atoms with Crippen molar-refractivity contribution in [2.45, 2.75) is 44.9 Å². The minimum atomic E-state index is -0.943. The van der Waals surface area contributed by atoms with E-state index in [4.69, 9.17) is 4.74 Å². The molecule has 0 atom stereocenters. The zero-order valence-corrected chi connectivity index (χ0v) is 19.0. The van der Waals surface area contributed by atoms with Gasteiger partial charge in [-0.3, -0.25) is 9.59 Å². The first-order chi connectivity index (χ1) is 16.0. The van der Waals surface area contributed by atoms with Crippen molar-refractivity contribution in [2.75, 3.05) is 31.6 Å². The van der Waals surface area contributed by atoms with Crippen molar-refractivity contribution >= 4 is 23.5 Å². The Hall–Kier alpha value is -3.35. The number of benzene rings is 2. The molecule has 0 fully saturated rings. The fourth-order valence-electron chi connectivity index (χ4n) is 4.75. The summed E-state index contributed by atoms with van der Waals surface area (Å²) in [5.74, 6) is 1.02. The standard InChI is InChI=1S/C26H30N2O5/c1-33-22-6-4-5-18(15-22)10-13-27(26(31)32)12-3-2-7-23(29)21-16-19-8-9-24(30)28-14-11-20(17-21)25(19)28/h4-6,15-17H,2-3,7-14H2,1H3,(H,31,32). The van der Waals surface area contributed by atoms with E-state index >= 15 is 0 Å². The summed E-state index contributed by atoms with van der Waals surface area (Å²) in [6, 6.07) is 11.5. The number of nitrogens with zero attached hydrogens (tertiary/aromatic N) is 2. The average molecular weight is 451 g/mol. The van der Waals surface area contributed by atoms with Crippen LogP contribution in [0.3, 0.4) is 0 Å². The molecular weight excluding hydrogens is 420 g/mol.